The van der Waals surface area contributed by atoms with Crippen LogP contribution in [0.4, 0.5) is 0 Å². The van der Waals surface area contributed by atoms with Crippen LogP contribution in [0.25, 0.3) is 0 Å². The van der Waals surface area contributed by atoms with Gasteiger partial charge in [-0.1, -0.05) is 51.4 Å². The number of nitrogens with one attached hydrogen (secondary N) is 1. The highest BCUT2D eigenvalue weighted by Gasteiger charge is 2.49. The Morgan fingerprint density at radius 1 is 0.703 bits per heavy atom. The molecule has 208 valence electrons. The SMILES string of the molecule is N=C(N)C1CCC2CC(C(=O)N3CCC4CCCCC4C3)N(CC3CCC(C4CCCCC4)CC3)C2C1. The summed E-state index contributed by atoms with van der Waals surface area (Å²) < 4.78 is 0. The van der Waals surface area contributed by atoms with Crippen molar-refractivity contribution in [3.63, 3.8) is 0 Å². The van der Waals surface area contributed by atoms with Gasteiger partial charge in [0.1, 0.15) is 0 Å². The van der Waals surface area contributed by atoms with E-state index in [1.165, 1.54) is 89.9 Å². The maximum absolute atomic E-state index is 14.2. The second-order valence-corrected chi connectivity index (χ2v) is 14.3. The van der Waals surface area contributed by atoms with Crippen molar-refractivity contribution in [3.05, 3.63) is 0 Å². The van der Waals surface area contributed by atoms with Gasteiger partial charge < -0.3 is 10.6 Å². The summed E-state index contributed by atoms with van der Waals surface area (Å²) in [6, 6.07) is 0.539. The molecule has 5 nitrogen and oxygen atoms in total. The monoisotopic (exact) mass is 510 g/mol. The number of nitrogens with two attached hydrogens (primary N) is 1. The zero-order valence-corrected chi connectivity index (χ0v) is 23.4. The Labute approximate surface area is 226 Å². The van der Waals surface area contributed by atoms with Gasteiger partial charge in [-0.05, 0) is 99.7 Å². The van der Waals surface area contributed by atoms with Crippen LogP contribution in [0.5, 0.6) is 0 Å². The average Bonchev–Trinajstić information content (AvgIpc) is 3.30. The molecule has 0 aromatic heterocycles. The first-order valence-electron chi connectivity index (χ1n) is 16.4. The number of rotatable bonds is 5. The van der Waals surface area contributed by atoms with Gasteiger partial charge in [-0.3, -0.25) is 15.1 Å². The van der Waals surface area contributed by atoms with Crippen molar-refractivity contribution < 1.29 is 4.79 Å². The van der Waals surface area contributed by atoms with E-state index < -0.39 is 0 Å². The van der Waals surface area contributed by atoms with Crippen LogP contribution >= 0.6 is 0 Å². The molecule has 0 radical (unpaired) electrons. The predicted molar refractivity (Wildman–Crippen MR) is 150 cm³/mol. The Hall–Kier alpha value is -1.10. The summed E-state index contributed by atoms with van der Waals surface area (Å²) in [6.07, 6.45) is 23.9. The fourth-order valence-electron chi connectivity index (χ4n) is 10.1. The third-order valence-electron chi connectivity index (χ3n) is 12.3. The third-order valence-corrected chi connectivity index (χ3v) is 12.3. The van der Waals surface area contributed by atoms with Crippen LogP contribution in [0.2, 0.25) is 0 Å². The number of amidine groups is 1. The minimum Gasteiger partial charge on any atom is -0.387 e. The van der Waals surface area contributed by atoms with Crippen molar-refractivity contribution in [2.75, 3.05) is 19.6 Å². The van der Waals surface area contributed by atoms with Crippen molar-refractivity contribution in [1.82, 2.24) is 9.80 Å². The zero-order valence-electron chi connectivity index (χ0n) is 23.4. The van der Waals surface area contributed by atoms with Crippen molar-refractivity contribution in [1.29, 1.82) is 5.41 Å². The molecule has 2 saturated heterocycles. The lowest BCUT2D eigenvalue weighted by Crippen LogP contribution is -2.53. The maximum atomic E-state index is 14.2. The highest BCUT2D eigenvalue weighted by Crippen LogP contribution is 2.46. The van der Waals surface area contributed by atoms with Crippen molar-refractivity contribution >= 4 is 11.7 Å². The summed E-state index contributed by atoms with van der Waals surface area (Å²) in [7, 11) is 0. The van der Waals surface area contributed by atoms with Gasteiger partial charge in [0.25, 0.3) is 0 Å². The number of likely N-dealkylation sites (tertiary alicyclic amines) is 2. The first kappa shape index (κ1) is 26.1. The molecule has 1 amide bonds. The van der Waals surface area contributed by atoms with Crippen LogP contribution in [0.3, 0.4) is 0 Å². The molecule has 0 aromatic carbocycles. The summed E-state index contributed by atoms with van der Waals surface area (Å²) in [4.78, 5) is 19.2. The molecule has 5 heteroatoms. The van der Waals surface area contributed by atoms with Crippen LogP contribution in [-0.2, 0) is 4.79 Å². The average molecular weight is 511 g/mol. The summed E-state index contributed by atoms with van der Waals surface area (Å²) in [5, 5.41) is 8.14. The normalized spacial score (nSPS) is 41.7. The minimum absolute atomic E-state index is 0.0805. The summed E-state index contributed by atoms with van der Waals surface area (Å²) >= 11 is 0. The van der Waals surface area contributed by atoms with E-state index in [-0.39, 0.29) is 12.0 Å². The van der Waals surface area contributed by atoms with E-state index in [9.17, 15) is 4.79 Å². The van der Waals surface area contributed by atoms with E-state index in [4.69, 9.17) is 11.1 Å². The molecule has 4 saturated carbocycles. The van der Waals surface area contributed by atoms with Crippen molar-refractivity contribution in [2.24, 2.45) is 47.2 Å². The van der Waals surface area contributed by atoms with Crippen molar-refractivity contribution in [3.8, 4) is 0 Å². The van der Waals surface area contributed by atoms with E-state index in [0.717, 1.165) is 74.9 Å². The number of carbonyl (C=O) groups is 1. The molecule has 6 atom stereocenters. The number of fused-ring (bicyclic) bond motifs is 2. The number of hydrogen-bond acceptors (Lipinski definition) is 3. The van der Waals surface area contributed by atoms with Gasteiger partial charge in [0.15, 0.2) is 0 Å². The summed E-state index contributed by atoms with van der Waals surface area (Å²) in [5.41, 5.74) is 6.03. The van der Waals surface area contributed by atoms with Gasteiger partial charge in [-0.25, -0.2) is 0 Å². The number of amides is 1. The highest BCUT2D eigenvalue weighted by molar-refractivity contribution is 5.83. The lowest BCUT2D eigenvalue weighted by Gasteiger charge is -2.44. The van der Waals surface area contributed by atoms with E-state index >= 15 is 0 Å². The second-order valence-electron chi connectivity index (χ2n) is 14.3. The molecular weight excluding hydrogens is 456 g/mol. The Bertz CT molecular complexity index is 801. The van der Waals surface area contributed by atoms with Gasteiger partial charge in [-0.2, -0.15) is 0 Å². The topological polar surface area (TPSA) is 73.4 Å². The Morgan fingerprint density at radius 2 is 1.32 bits per heavy atom. The summed E-state index contributed by atoms with van der Waals surface area (Å²) in [5.74, 6) is 6.00. The molecule has 2 aliphatic heterocycles. The Kier molecular flexibility index (Phi) is 8.17. The molecule has 6 unspecified atom stereocenters. The second kappa shape index (κ2) is 11.6. The first-order chi connectivity index (χ1) is 18.1. The van der Waals surface area contributed by atoms with Gasteiger partial charge in [0.05, 0.1) is 11.9 Å². The van der Waals surface area contributed by atoms with Crippen LogP contribution < -0.4 is 5.73 Å². The quantitative estimate of drug-likeness (QED) is 0.341. The van der Waals surface area contributed by atoms with Crippen LogP contribution in [-0.4, -0.2) is 53.3 Å². The standard InChI is InChI=1S/C32H54N4O/c33-31(34)27-15-14-26-18-30(32(37)35-17-16-24-8-4-5-9-28(24)21-35)36(29(26)19-27)20-22-10-12-25(13-11-22)23-6-2-1-3-7-23/h22-30H,1-21H2,(H3,33,34). The van der Waals surface area contributed by atoms with E-state index in [2.05, 4.69) is 9.80 Å². The van der Waals surface area contributed by atoms with E-state index in [1.807, 2.05) is 0 Å². The molecule has 6 rings (SSSR count). The molecular formula is C32H54N4O. The van der Waals surface area contributed by atoms with E-state index in [0.29, 0.717) is 23.7 Å². The third kappa shape index (κ3) is 5.63. The van der Waals surface area contributed by atoms with E-state index in [1.54, 1.807) is 0 Å². The van der Waals surface area contributed by atoms with Crippen LogP contribution in [0.1, 0.15) is 116 Å². The van der Waals surface area contributed by atoms with Crippen LogP contribution in [0.15, 0.2) is 0 Å². The number of hydrogen-bond donors (Lipinski definition) is 2. The molecule has 2 heterocycles. The molecule has 0 bridgehead atoms. The minimum atomic E-state index is 0.0805. The first-order valence-corrected chi connectivity index (χ1v) is 16.4. The van der Waals surface area contributed by atoms with Crippen molar-refractivity contribution in [2.45, 2.75) is 128 Å². The van der Waals surface area contributed by atoms with Gasteiger partial charge >= 0.3 is 0 Å². The lowest BCUT2D eigenvalue weighted by atomic mass is 9.71. The Morgan fingerprint density at radius 3 is 2.05 bits per heavy atom. The molecule has 4 aliphatic carbocycles. The summed E-state index contributed by atoms with van der Waals surface area (Å²) in [6.45, 7) is 3.12. The fourth-order valence-corrected chi connectivity index (χ4v) is 10.1. The van der Waals surface area contributed by atoms with Crippen LogP contribution in [0, 0.1) is 46.8 Å². The molecule has 0 spiro atoms. The maximum Gasteiger partial charge on any atom is 0.239 e. The van der Waals surface area contributed by atoms with Gasteiger partial charge in [0.2, 0.25) is 5.91 Å². The number of piperidine rings is 1. The van der Waals surface area contributed by atoms with Gasteiger partial charge in [0, 0.05) is 31.6 Å². The molecule has 0 aromatic rings. The smallest absolute Gasteiger partial charge is 0.239 e. The molecule has 6 fully saturated rings. The van der Waals surface area contributed by atoms with Gasteiger partial charge in [-0.15, -0.1) is 0 Å². The fraction of sp³-hybridized carbons (Fsp3) is 0.938. The Balaban J connectivity index is 1.13. The lowest BCUT2D eigenvalue weighted by molar-refractivity contribution is -0.140. The zero-order chi connectivity index (χ0) is 25.4. The number of nitrogens with zero attached hydrogens (tertiary/aromatic N) is 2. The molecule has 6 aliphatic rings. The number of carbonyl (C=O) groups excluding carboxylic acids is 1. The highest BCUT2D eigenvalue weighted by atomic mass is 16.2. The molecule has 3 N–H and O–H groups in total. The molecule has 37 heavy (non-hydrogen) atoms. The predicted octanol–water partition coefficient (Wildman–Crippen LogP) is 6.21. The largest absolute Gasteiger partial charge is 0.387 e.